The van der Waals surface area contributed by atoms with Crippen molar-refractivity contribution in [3.8, 4) is 0 Å². The Morgan fingerprint density at radius 1 is 0.811 bits per heavy atom. The zero-order chi connectivity index (χ0) is 27.7. The molecule has 0 spiro atoms. The number of amides is 3. The smallest absolute Gasteiger partial charge is 0.326 e. The highest BCUT2D eigenvalue weighted by Crippen LogP contribution is 2.30. The molecule has 2 rings (SSSR count). The highest BCUT2D eigenvalue weighted by Gasteiger charge is 2.40. The van der Waals surface area contributed by atoms with Crippen LogP contribution in [0.15, 0.2) is 0 Å². The molecule has 0 aromatic carbocycles. The van der Waals surface area contributed by atoms with Gasteiger partial charge in [-0.3, -0.25) is 14.4 Å². The Morgan fingerprint density at radius 2 is 1.27 bits per heavy atom. The standard InChI is InChI=1S/C28H50N4O5/c1-17(2)16-21(28(36)37)32(5)27(35)24(20-14-10-7-11-15-20)31-26(34)23(19-12-8-6-9-13-19)30-25(33)22(29)18(3)4/h17-24H,6-16,29H2,1-5H3,(H,30,33)(H,31,34)(H,36,37)/t21-,22-,23-,24-/m1/s1. The first-order valence-electron chi connectivity index (χ1n) is 14.3. The van der Waals surface area contributed by atoms with Crippen molar-refractivity contribution in [1.29, 1.82) is 0 Å². The van der Waals surface area contributed by atoms with E-state index in [0.717, 1.165) is 64.2 Å². The second-order valence-electron chi connectivity index (χ2n) is 12.0. The monoisotopic (exact) mass is 522 g/mol. The molecule has 0 radical (unpaired) electrons. The lowest BCUT2D eigenvalue weighted by Crippen LogP contribution is -2.61. The average molecular weight is 523 g/mol. The minimum absolute atomic E-state index is 0.0235. The van der Waals surface area contributed by atoms with Crippen LogP contribution >= 0.6 is 0 Å². The van der Waals surface area contributed by atoms with Gasteiger partial charge in [0.05, 0.1) is 6.04 Å². The van der Waals surface area contributed by atoms with Crippen LogP contribution in [0.2, 0.25) is 0 Å². The SMILES string of the molecule is CC(C)C[C@H](C(=O)O)N(C)C(=O)[C@H](NC(=O)[C@H](NC(=O)[C@H](N)C(C)C)C1CCCCC1)C1CCCCC1. The van der Waals surface area contributed by atoms with Crippen molar-refractivity contribution in [2.24, 2.45) is 29.4 Å². The van der Waals surface area contributed by atoms with E-state index in [0.29, 0.717) is 6.42 Å². The number of carbonyl (C=O) groups is 4. The number of hydrogen-bond acceptors (Lipinski definition) is 5. The van der Waals surface area contributed by atoms with Crippen molar-refractivity contribution >= 4 is 23.7 Å². The molecule has 0 bridgehead atoms. The molecular weight excluding hydrogens is 472 g/mol. The number of hydrogen-bond donors (Lipinski definition) is 4. The molecule has 2 saturated carbocycles. The van der Waals surface area contributed by atoms with E-state index >= 15 is 0 Å². The maximum atomic E-state index is 13.8. The average Bonchev–Trinajstić information content (AvgIpc) is 2.88. The number of nitrogens with zero attached hydrogens (tertiary/aromatic N) is 1. The van der Waals surface area contributed by atoms with Gasteiger partial charge in [-0.2, -0.15) is 0 Å². The van der Waals surface area contributed by atoms with Crippen LogP contribution in [0.4, 0.5) is 0 Å². The predicted molar refractivity (Wildman–Crippen MR) is 143 cm³/mol. The normalized spacial score (nSPS) is 20.6. The molecule has 9 heteroatoms. The van der Waals surface area contributed by atoms with Gasteiger partial charge < -0.3 is 26.4 Å². The van der Waals surface area contributed by atoms with Crippen LogP contribution < -0.4 is 16.4 Å². The van der Waals surface area contributed by atoms with Crippen LogP contribution in [-0.4, -0.2) is 64.9 Å². The first kappa shape index (κ1) is 31.1. The van der Waals surface area contributed by atoms with Gasteiger partial charge in [-0.25, -0.2) is 4.79 Å². The van der Waals surface area contributed by atoms with Crippen LogP contribution in [0.3, 0.4) is 0 Å². The Hall–Kier alpha value is -2.16. The third-order valence-corrected chi connectivity index (χ3v) is 8.20. The maximum Gasteiger partial charge on any atom is 0.326 e. The number of likely N-dealkylation sites (N-methyl/N-ethyl adjacent to an activating group) is 1. The first-order chi connectivity index (χ1) is 17.4. The number of nitrogens with one attached hydrogen (secondary N) is 2. The summed E-state index contributed by atoms with van der Waals surface area (Å²) in [6.45, 7) is 7.58. The molecule has 3 amide bonds. The predicted octanol–water partition coefficient (Wildman–Crippen LogP) is 3.06. The van der Waals surface area contributed by atoms with Gasteiger partial charge in [-0.05, 0) is 55.8 Å². The summed E-state index contributed by atoms with van der Waals surface area (Å²) in [6.07, 6.45) is 9.67. The van der Waals surface area contributed by atoms with Crippen LogP contribution in [0, 0.1) is 23.7 Å². The van der Waals surface area contributed by atoms with E-state index in [1.54, 1.807) is 0 Å². The first-order valence-corrected chi connectivity index (χ1v) is 14.3. The number of nitrogens with two attached hydrogens (primary N) is 1. The zero-order valence-electron chi connectivity index (χ0n) is 23.5. The molecule has 0 heterocycles. The minimum Gasteiger partial charge on any atom is -0.480 e. The van der Waals surface area contributed by atoms with Crippen LogP contribution in [0.5, 0.6) is 0 Å². The molecular formula is C28H50N4O5. The van der Waals surface area contributed by atoms with E-state index in [-0.39, 0.29) is 41.4 Å². The van der Waals surface area contributed by atoms with Crippen molar-refractivity contribution in [3.63, 3.8) is 0 Å². The lowest BCUT2D eigenvalue weighted by Gasteiger charge is -2.37. The van der Waals surface area contributed by atoms with Gasteiger partial charge in [0.1, 0.15) is 18.1 Å². The highest BCUT2D eigenvalue weighted by molar-refractivity contribution is 5.94. The van der Waals surface area contributed by atoms with E-state index < -0.39 is 30.1 Å². The Balaban J connectivity index is 2.31. The van der Waals surface area contributed by atoms with E-state index in [1.807, 2.05) is 27.7 Å². The number of carboxylic acid groups (broad SMARTS) is 1. The molecule has 0 aromatic rings. The molecule has 212 valence electrons. The molecule has 2 aliphatic rings. The van der Waals surface area contributed by atoms with Gasteiger partial charge in [0, 0.05) is 7.05 Å². The number of rotatable bonds is 12. The number of carbonyl (C=O) groups excluding carboxylic acids is 3. The summed E-state index contributed by atoms with van der Waals surface area (Å²) in [6, 6.07) is -3.29. The quantitative estimate of drug-likeness (QED) is 0.310. The highest BCUT2D eigenvalue weighted by atomic mass is 16.4. The Morgan fingerprint density at radius 3 is 1.70 bits per heavy atom. The van der Waals surface area contributed by atoms with Crippen molar-refractivity contribution in [1.82, 2.24) is 15.5 Å². The molecule has 2 fully saturated rings. The van der Waals surface area contributed by atoms with Crippen LogP contribution in [0.25, 0.3) is 0 Å². The third kappa shape index (κ3) is 8.97. The van der Waals surface area contributed by atoms with Crippen molar-refractivity contribution in [3.05, 3.63) is 0 Å². The van der Waals surface area contributed by atoms with Gasteiger partial charge in [0.25, 0.3) is 0 Å². The summed E-state index contributed by atoms with van der Waals surface area (Å²) in [5.74, 6) is -2.23. The van der Waals surface area contributed by atoms with Crippen molar-refractivity contribution in [2.45, 2.75) is 122 Å². The molecule has 4 atom stereocenters. The molecule has 2 aliphatic carbocycles. The van der Waals surface area contributed by atoms with E-state index in [1.165, 1.54) is 11.9 Å². The zero-order valence-corrected chi connectivity index (χ0v) is 23.5. The lowest BCUT2D eigenvalue weighted by molar-refractivity contribution is -0.152. The molecule has 0 aliphatic heterocycles. The lowest BCUT2D eigenvalue weighted by atomic mass is 9.81. The van der Waals surface area contributed by atoms with Gasteiger partial charge in [0.2, 0.25) is 17.7 Å². The number of carboxylic acids is 1. The fraction of sp³-hybridized carbons (Fsp3) is 0.857. The van der Waals surface area contributed by atoms with E-state index in [9.17, 15) is 24.3 Å². The van der Waals surface area contributed by atoms with Crippen molar-refractivity contribution < 1.29 is 24.3 Å². The summed E-state index contributed by atoms with van der Waals surface area (Å²) >= 11 is 0. The Kier molecular flexibility index (Phi) is 12.3. The van der Waals surface area contributed by atoms with Gasteiger partial charge >= 0.3 is 5.97 Å². The molecule has 0 aromatic heterocycles. The van der Waals surface area contributed by atoms with E-state index in [2.05, 4.69) is 10.6 Å². The van der Waals surface area contributed by atoms with Crippen LogP contribution in [-0.2, 0) is 19.2 Å². The molecule has 0 unspecified atom stereocenters. The largest absolute Gasteiger partial charge is 0.480 e. The van der Waals surface area contributed by atoms with E-state index in [4.69, 9.17) is 5.73 Å². The van der Waals surface area contributed by atoms with Gasteiger partial charge in [0.15, 0.2) is 0 Å². The third-order valence-electron chi connectivity index (χ3n) is 8.20. The fourth-order valence-electron chi connectivity index (χ4n) is 5.75. The molecule has 9 nitrogen and oxygen atoms in total. The summed E-state index contributed by atoms with van der Waals surface area (Å²) in [4.78, 5) is 53.7. The molecule has 5 N–H and O–H groups in total. The summed E-state index contributed by atoms with van der Waals surface area (Å²) in [7, 11) is 1.52. The molecule has 37 heavy (non-hydrogen) atoms. The van der Waals surface area contributed by atoms with Crippen LogP contribution in [0.1, 0.15) is 98.3 Å². The number of aliphatic carboxylic acids is 1. The summed E-state index contributed by atoms with van der Waals surface area (Å²) < 4.78 is 0. The van der Waals surface area contributed by atoms with Crippen molar-refractivity contribution in [2.75, 3.05) is 7.05 Å². The van der Waals surface area contributed by atoms with Gasteiger partial charge in [-0.15, -0.1) is 0 Å². The maximum absolute atomic E-state index is 13.8. The second kappa shape index (κ2) is 14.7. The minimum atomic E-state index is -1.05. The topological polar surface area (TPSA) is 142 Å². The van der Waals surface area contributed by atoms with Gasteiger partial charge in [-0.1, -0.05) is 66.2 Å². The fourth-order valence-corrected chi connectivity index (χ4v) is 5.75. The summed E-state index contributed by atoms with van der Waals surface area (Å²) in [5, 5.41) is 15.8. The summed E-state index contributed by atoms with van der Waals surface area (Å²) in [5.41, 5.74) is 6.09. The Bertz CT molecular complexity index is 775. The second-order valence-corrected chi connectivity index (χ2v) is 12.0. The Labute approximate surface area is 222 Å². The molecule has 0 saturated heterocycles.